The summed E-state index contributed by atoms with van der Waals surface area (Å²) in [5.41, 5.74) is 5.86. The summed E-state index contributed by atoms with van der Waals surface area (Å²) in [7, 11) is 0. The molecule has 0 atom stereocenters. The fraction of sp³-hybridized carbons (Fsp3) is 0.0714. The number of hydrogen-bond acceptors (Lipinski definition) is 12. The van der Waals surface area contributed by atoms with Crippen LogP contribution in [0.5, 0.6) is 0 Å². The van der Waals surface area contributed by atoms with Gasteiger partial charge in [0.2, 0.25) is 0 Å². The van der Waals surface area contributed by atoms with Crippen LogP contribution in [-0.4, -0.2) is 50.1 Å². The van der Waals surface area contributed by atoms with Crippen molar-refractivity contribution in [3.8, 4) is 22.5 Å². The van der Waals surface area contributed by atoms with Crippen LogP contribution < -0.4 is 0 Å². The van der Waals surface area contributed by atoms with Gasteiger partial charge in [0.05, 0.1) is 47.0 Å². The maximum Gasteiger partial charge on any atom is 1.00 e. The number of aromatic nitrogens is 8. The molecule has 0 saturated carbocycles. The van der Waals surface area contributed by atoms with E-state index in [1.807, 2.05) is 109 Å². The number of rotatable bonds is 6. The average molecular weight is 812 g/mol. The molecule has 6 rings (SSSR count). The third-order valence-corrected chi connectivity index (χ3v) is 5.32. The molecule has 0 unspecified atom stereocenters. The standard InChI is InChI=1S/2C14H12N4.2Ag.2NO3/c2*1-2-6-12(7-3-1)14-11-18(17-16-14)10-13-8-4-5-9-15-13;;;2*2-1(3)4/h2*1-9,11H,10H2;;;;/q;;2*+1;2*-1. The second kappa shape index (κ2) is 21.6. The van der Waals surface area contributed by atoms with E-state index in [0.717, 1.165) is 33.9 Å². The van der Waals surface area contributed by atoms with E-state index in [4.69, 9.17) is 30.6 Å². The van der Waals surface area contributed by atoms with Gasteiger partial charge in [-0.3, -0.25) is 9.97 Å². The molecule has 0 saturated heterocycles. The molecule has 0 aliphatic heterocycles. The first-order valence-corrected chi connectivity index (χ1v) is 12.6. The number of benzene rings is 2. The van der Waals surface area contributed by atoms with Crippen LogP contribution in [0.25, 0.3) is 22.5 Å². The van der Waals surface area contributed by atoms with Crippen molar-refractivity contribution < 1.29 is 54.9 Å². The minimum Gasteiger partial charge on any atom is -0.356 e. The molecule has 4 aromatic heterocycles. The van der Waals surface area contributed by atoms with Crippen molar-refractivity contribution in [1.82, 2.24) is 40.0 Å². The van der Waals surface area contributed by atoms with Gasteiger partial charge < -0.3 is 30.6 Å². The first kappa shape index (κ1) is 38.9. The van der Waals surface area contributed by atoms with Crippen LogP contribution in [-0.2, 0) is 57.9 Å². The maximum absolute atomic E-state index is 8.25. The first-order valence-electron chi connectivity index (χ1n) is 12.6. The Morgan fingerprint density at radius 3 is 1.15 bits per heavy atom. The SMILES string of the molecule is O=[N+]([O-])[O-].O=[N+]([O-])[O-].[Ag+].[Ag+].c1ccc(-c2cn(Cc3ccccn3)nn2)cc1.c1ccc(-c2cn(Cc3ccccn3)nn2)cc1. The predicted molar refractivity (Wildman–Crippen MR) is 158 cm³/mol. The van der Waals surface area contributed by atoms with E-state index in [1.165, 1.54) is 0 Å². The molecule has 0 aliphatic rings. The number of pyridine rings is 2. The van der Waals surface area contributed by atoms with Crippen LogP contribution in [0.1, 0.15) is 11.4 Å². The van der Waals surface area contributed by atoms with Crippen molar-refractivity contribution >= 4 is 0 Å². The third kappa shape index (κ3) is 15.1. The van der Waals surface area contributed by atoms with E-state index in [1.54, 1.807) is 21.8 Å². The Hall–Kier alpha value is -5.10. The Labute approximate surface area is 293 Å². The molecule has 4 heterocycles. The summed E-state index contributed by atoms with van der Waals surface area (Å²) in [6, 6.07) is 31.7. The van der Waals surface area contributed by atoms with Gasteiger partial charge in [-0.15, -0.1) is 10.2 Å². The fourth-order valence-electron chi connectivity index (χ4n) is 3.55. The van der Waals surface area contributed by atoms with Crippen molar-refractivity contribution in [2.24, 2.45) is 0 Å². The molecule has 0 spiro atoms. The smallest absolute Gasteiger partial charge is 0.356 e. The van der Waals surface area contributed by atoms with E-state index >= 15 is 0 Å². The summed E-state index contributed by atoms with van der Waals surface area (Å²) in [5.74, 6) is 0. The molecule has 244 valence electrons. The van der Waals surface area contributed by atoms with Crippen LogP contribution >= 0.6 is 0 Å². The number of nitrogens with zero attached hydrogens (tertiary/aromatic N) is 10. The Balaban J connectivity index is 0.000000361. The molecule has 6 aromatic rings. The van der Waals surface area contributed by atoms with Crippen LogP contribution in [0.3, 0.4) is 0 Å². The summed E-state index contributed by atoms with van der Waals surface area (Å²) >= 11 is 0. The Kier molecular flexibility index (Phi) is 18.3. The first-order chi connectivity index (χ1) is 21.3. The van der Waals surface area contributed by atoms with Crippen LogP contribution in [0.4, 0.5) is 0 Å². The van der Waals surface area contributed by atoms with E-state index in [9.17, 15) is 0 Å². The van der Waals surface area contributed by atoms with Crippen molar-refractivity contribution in [2.45, 2.75) is 13.1 Å². The van der Waals surface area contributed by atoms with Gasteiger partial charge in [-0.05, 0) is 24.3 Å². The van der Waals surface area contributed by atoms with Gasteiger partial charge in [0, 0.05) is 23.5 Å². The second-order valence-corrected chi connectivity index (χ2v) is 8.42. The van der Waals surface area contributed by atoms with Gasteiger partial charge in [0.1, 0.15) is 11.4 Å². The largest absolute Gasteiger partial charge is 1.00 e. The maximum atomic E-state index is 8.25. The Bertz CT molecular complexity index is 1560. The minimum atomic E-state index is -1.75. The van der Waals surface area contributed by atoms with Crippen molar-refractivity contribution in [3.05, 3.63) is 164 Å². The van der Waals surface area contributed by atoms with Crippen LogP contribution in [0.15, 0.2) is 122 Å². The third-order valence-electron chi connectivity index (χ3n) is 5.32. The van der Waals surface area contributed by atoms with E-state index in [-0.39, 0.29) is 44.8 Å². The van der Waals surface area contributed by atoms with Gasteiger partial charge in [-0.1, -0.05) is 83.2 Å². The van der Waals surface area contributed by atoms with Gasteiger partial charge in [0.25, 0.3) is 0 Å². The molecule has 0 radical (unpaired) electrons. The van der Waals surface area contributed by atoms with Gasteiger partial charge >= 0.3 is 44.8 Å². The second-order valence-electron chi connectivity index (χ2n) is 8.42. The molecule has 18 heteroatoms. The minimum absolute atomic E-state index is 0. The van der Waals surface area contributed by atoms with Crippen molar-refractivity contribution in [3.63, 3.8) is 0 Å². The van der Waals surface area contributed by atoms with Gasteiger partial charge in [0.15, 0.2) is 0 Å². The Morgan fingerprint density at radius 2 is 0.848 bits per heavy atom. The zero-order chi connectivity index (χ0) is 31.6. The topological polar surface area (TPSA) is 220 Å². The molecule has 16 nitrogen and oxygen atoms in total. The van der Waals surface area contributed by atoms with Crippen molar-refractivity contribution in [1.29, 1.82) is 0 Å². The predicted octanol–water partition coefficient (Wildman–Crippen LogP) is 4.29. The normalized spacial score (nSPS) is 9.22. The molecule has 0 fully saturated rings. The molecule has 46 heavy (non-hydrogen) atoms. The molecule has 0 amide bonds. The molecule has 2 aromatic carbocycles. The molecule has 0 aliphatic carbocycles. The Morgan fingerprint density at radius 1 is 0.522 bits per heavy atom. The quantitative estimate of drug-likeness (QED) is 0.131. The average Bonchev–Trinajstić information content (AvgIpc) is 3.69. The summed E-state index contributed by atoms with van der Waals surface area (Å²) in [5, 5.41) is 46.1. The van der Waals surface area contributed by atoms with E-state index in [2.05, 4.69) is 30.6 Å². The summed E-state index contributed by atoms with van der Waals surface area (Å²) in [4.78, 5) is 25.0. The van der Waals surface area contributed by atoms with E-state index < -0.39 is 10.2 Å². The summed E-state index contributed by atoms with van der Waals surface area (Å²) < 4.78 is 3.59. The van der Waals surface area contributed by atoms with Crippen molar-refractivity contribution in [2.75, 3.05) is 0 Å². The fourth-order valence-corrected chi connectivity index (χ4v) is 3.55. The van der Waals surface area contributed by atoms with E-state index in [0.29, 0.717) is 13.1 Å². The molecular weight excluding hydrogens is 788 g/mol. The summed E-state index contributed by atoms with van der Waals surface area (Å²) in [6.07, 6.45) is 7.43. The molecular formula is C28H24Ag2N10O6. The monoisotopic (exact) mass is 810 g/mol. The zero-order valence-electron chi connectivity index (χ0n) is 23.5. The number of hydrogen-bond donors (Lipinski definition) is 0. The van der Waals surface area contributed by atoms with Crippen LogP contribution in [0.2, 0.25) is 0 Å². The summed E-state index contributed by atoms with van der Waals surface area (Å²) in [6.45, 7) is 1.28. The van der Waals surface area contributed by atoms with Crippen LogP contribution in [0, 0.1) is 30.6 Å². The molecule has 0 N–H and O–H groups in total. The molecule has 0 bridgehead atoms. The van der Waals surface area contributed by atoms with Gasteiger partial charge in [-0.25, -0.2) is 9.36 Å². The zero-order valence-corrected chi connectivity index (χ0v) is 26.5. The van der Waals surface area contributed by atoms with Gasteiger partial charge in [-0.2, -0.15) is 0 Å².